The van der Waals surface area contributed by atoms with Gasteiger partial charge in [0.2, 0.25) is 5.13 Å². The molecular weight excluding hydrogens is 290 g/mol. The third-order valence-corrected chi connectivity index (χ3v) is 4.35. The smallest absolute Gasteiger partial charge is 0.206 e. The van der Waals surface area contributed by atoms with E-state index in [1.54, 1.807) is 0 Å². The van der Waals surface area contributed by atoms with Crippen LogP contribution >= 0.6 is 27.3 Å². The summed E-state index contributed by atoms with van der Waals surface area (Å²) in [5.41, 5.74) is -0.574. The molecule has 90 valence electrons. The van der Waals surface area contributed by atoms with Gasteiger partial charge < -0.3 is 10.4 Å². The highest BCUT2D eigenvalue weighted by atomic mass is 79.9. The van der Waals surface area contributed by atoms with Gasteiger partial charge in [-0.25, -0.2) is 0 Å². The fourth-order valence-electron chi connectivity index (χ4n) is 2.31. The van der Waals surface area contributed by atoms with Crippen molar-refractivity contribution in [1.29, 1.82) is 0 Å². The summed E-state index contributed by atoms with van der Waals surface area (Å²) in [6.45, 7) is 2.77. The number of anilines is 1. The molecule has 1 saturated carbocycles. The number of halogens is 1. The molecule has 1 aromatic rings. The number of hydrogen-bond acceptors (Lipinski definition) is 5. The zero-order valence-electron chi connectivity index (χ0n) is 9.24. The Kier molecular flexibility index (Phi) is 3.81. The molecule has 0 saturated heterocycles. The van der Waals surface area contributed by atoms with Crippen LogP contribution in [0.1, 0.15) is 32.6 Å². The Hall–Kier alpha value is -0.200. The lowest BCUT2D eigenvalue weighted by molar-refractivity contribution is -0.000771. The molecule has 2 N–H and O–H groups in total. The molecule has 1 aromatic heterocycles. The molecule has 2 unspecified atom stereocenters. The topological polar surface area (TPSA) is 58.0 Å². The SMILES string of the molecule is CC1CCCC(O)(CNc2nnc(Br)s2)C1. The molecule has 1 heterocycles. The highest BCUT2D eigenvalue weighted by Crippen LogP contribution is 2.32. The van der Waals surface area contributed by atoms with E-state index in [9.17, 15) is 5.11 Å². The first-order valence-corrected chi connectivity index (χ1v) is 7.14. The molecule has 0 spiro atoms. The van der Waals surface area contributed by atoms with Gasteiger partial charge in [0.05, 0.1) is 5.60 Å². The van der Waals surface area contributed by atoms with Crippen molar-refractivity contribution in [2.75, 3.05) is 11.9 Å². The minimum absolute atomic E-state index is 0.568. The quantitative estimate of drug-likeness (QED) is 0.901. The summed E-state index contributed by atoms with van der Waals surface area (Å²) >= 11 is 4.71. The van der Waals surface area contributed by atoms with Gasteiger partial charge in [-0.1, -0.05) is 31.1 Å². The Morgan fingerprint density at radius 3 is 3.06 bits per heavy atom. The first-order valence-electron chi connectivity index (χ1n) is 5.53. The van der Waals surface area contributed by atoms with Crippen LogP contribution in [-0.2, 0) is 0 Å². The second-order valence-corrected chi connectivity index (χ2v) is 6.89. The summed E-state index contributed by atoms with van der Waals surface area (Å²) < 4.78 is 0.763. The average Bonchev–Trinajstić information content (AvgIpc) is 2.61. The summed E-state index contributed by atoms with van der Waals surface area (Å²) in [4.78, 5) is 0. The number of hydrogen-bond donors (Lipinski definition) is 2. The fraction of sp³-hybridized carbons (Fsp3) is 0.800. The highest BCUT2D eigenvalue weighted by molar-refractivity contribution is 9.11. The van der Waals surface area contributed by atoms with Gasteiger partial charge in [-0.3, -0.25) is 0 Å². The summed E-state index contributed by atoms with van der Waals surface area (Å²) in [7, 11) is 0. The third-order valence-electron chi connectivity index (χ3n) is 3.04. The lowest BCUT2D eigenvalue weighted by atomic mass is 9.79. The molecule has 0 radical (unpaired) electrons. The molecular formula is C10H16BrN3OS. The van der Waals surface area contributed by atoms with Crippen molar-refractivity contribution in [2.24, 2.45) is 5.92 Å². The van der Waals surface area contributed by atoms with E-state index in [2.05, 4.69) is 38.4 Å². The normalized spacial score (nSPS) is 30.3. The van der Waals surface area contributed by atoms with Crippen molar-refractivity contribution in [1.82, 2.24) is 10.2 Å². The molecule has 2 rings (SSSR count). The van der Waals surface area contributed by atoms with Crippen molar-refractivity contribution in [2.45, 2.75) is 38.2 Å². The van der Waals surface area contributed by atoms with Crippen molar-refractivity contribution in [3.63, 3.8) is 0 Å². The van der Waals surface area contributed by atoms with Crippen LogP contribution in [0.4, 0.5) is 5.13 Å². The first-order chi connectivity index (χ1) is 7.57. The van der Waals surface area contributed by atoms with E-state index >= 15 is 0 Å². The summed E-state index contributed by atoms with van der Waals surface area (Å²) in [6.07, 6.45) is 4.09. The van der Waals surface area contributed by atoms with Gasteiger partial charge in [0, 0.05) is 6.54 Å². The summed E-state index contributed by atoms with van der Waals surface area (Å²) in [5, 5.41) is 22.1. The molecule has 6 heteroatoms. The zero-order chi connectivity index (χ0) is 11.6. The fourth-order valence-corrected chi connectivity index (χ4v) is 3.32. The van der Waals surface area contributed by atoms with E-state index in [0.29, 0.717) is 12.5 Å². The van der Waals surface area contributed by atoms with Gasteiger partial charge in [-0.05, 0) is 34.7 Å². The molecule has 4 nitrogen and oxygen atoms in total. The van der Waals surface area contributed by atoms with Crippen LogP contribution in [0.15, 0.2) is 3.92 Å². The second kappa shape index (κ2) is 4.98. The number of aliphatic hydroxyl groups is 1. The molecule has 0 aliphatic heterocycles. The van der Waals surface area contributed by atoms with Crippen LogP contribution in [0, 0.1) is 5.92 Å². The Balaban J connectivity index is 1.88. The van der Waals surface area contributed by atoms with Gasteiger partial charge in [0.1, 0.15) is 0 Å². The van der Waals surface area contributed by atoms with Crippen LogP contribution < -0.4 is 5.32 Å². The van der Waals surface area contributed by atoms with Crippen molar-refractivity contribution in [3.05, 3.63) is 3.92 Å². The minimum atomic E-state index is -0.574. The van der Waals surface area contributed by atoms with E-state index in [4.69, 9.17) is 0 Å². The Labute approximate surface area is 108 Å². The standard InChI is InChI=1S/C10H16BrN3OS/c1-7-3-2-4-10(15,5-7)6-12-9-14-13-8(11)16-9/h7,15H,2-6H2,1H3,(H,12,14). The van der Waals surface area contributed by atoms with Gasteiger partial charge in [-0.15, -0.1) is 10.2 Å². The Morgan fingerprint density at radius 1 is 1.62 bits per heavy atom. The van der Waals surface area contributed by atoms with Gasteiger partial charge in [0.15, 0.2) is 3.92 Å². The van der Waals surface area contributed by atoms with Crippen LogP contribution in [0.25, 0.3) is 0 Å². The second-order valence-electron chi connectivity index (χ2n) is 4.64. The third kappa shape index (κ3) is 3.15. The molecule has 0 amide bonds. The van der Waals surface area contributed by atoms with Gasteiger partial charge in [0.25, 0.3) is 0 Å². The largest absolute Gasteiger partial charge is 0.388 e. The lowest BCUT2D eigenvalue weighted by Gasteiger charge is -2.35. The number of rotatable bonds is 3. The van der Waals surface area contributed by atoms with Gasteiger partial charge >= 0.3 is 0 Å². The minimum Gasteiger partial charge on any atom is -0.388 e. The molecule has 2 atom stereocenters. The summed E-state index contributed by atoms with van der Waals surface area (Å²) in [6, 6.07) is 0. The number of aromatic nitrogens is 2. The van der Waals surface area contributed by atoms with Crippen LogP contribution in [-0.4, -0.2) is 27.4 Å². The molecule has 1 fully saturated rings. The Bertz CT molecular complexity index is 360. The highest BCUT2D eigenvalue weighted by Gasteiger charge is 2.32. The van der Waals surface area contributed by atoms with E-state index in [1.165, 1.54) is 17.8 Å². The predicted molar refractivity (Wildman–Crippen MR) is 68.7 cm³/mol. The van der Waals surface area contributed by atoms with E-state index < -0.39 is 5.60 Å². The maximum absolute atomic E-state index is 10.4. The van der Waals surface area contributed by atoms with Crippen molar-refractivity contribution in [3.8, 4) is 0 Å². The first kappa shape index (κ1) is 12.3. The van der Waals surface area contributed by atoms with Crippen LogP contribution in [0.3, 0.4) is 0 Å². The number of nitrogens with zero attached hydrogens (tertiary/aromatic N) is 2. The Morgan fingerprint density at radius 2 is 2.44 bits per heavy atom. The molecule has 0 aromatic carbocycles. The van der Waals surface area contributed by atoms with E-state index in [0.717, 1.165) is 28.3 Å². The maximum Gasteiger partial charge on any atom is 0.206 e. The molecule has 1 aliphatic carbocycles. The van der Waals surface area contributed by atoms with Crippen LogP contribution in [0.2, 0.25) is 0 Å². The average molecular weight is 306 g/mol. The van der Waals surface area contributed by atoms with Crippen molar-refractivity contribution < 1.29 is 5.11 Å². The van der Waals surface area contributed by atoms with Gasteiger partial charge in [-0.2, -0.15) is 0 Å². The summed E-state index contributed by atoms with van der Waals surface area (Å²) in [5.74, 6) is 0.613. The monoisotopic (exact) mass is 305 g/mol. The lowest BCUT2D eigenvalue weighted by Crippen LogP contribution is -2.41. The molecule has 16 heavy (non-hydrogen) atoms. The van der Waals surface area contributed by atoms with E-state index in [1.807, 2.05) is 0 Å². The molecule has 0 bridgehead atoms. The number of nitrogens with one attached hydrogen (secondary N) is 1. The maximum atomic E-state index is 10.4. The zero-order valence-corrected chi connectivity index (χ0v) is 11.6. The van der Waals surface area contributed by atoms with Crippen LogP contribution in [0.5, 0.6) is 0 Å². The van der Waals surface area contributed by atoms with Crippen molar-refractivity contribution >= 4 is 32.4 Å². The predicted octanol–water partition coefficient (Wildman–Crippen LogP) is 2.65. The molecule has 1 aliphatic rings. The van der Waals surface area contributed by atoms with E-state index in [-0.39, 0.29) is 0 Å².